The van der Waals surface area contributed by atoms with Gasteiger partial charge in [-0.25, -0.2) is 4.68 Å². The molecule has 0 fully saturated rings. The molecule has 3 aromatic carbocycles. The number of hydrogen-bond donors (Lipinski definition) is 1. The van der Waals surface area contributed by atoms with Crippen LogP contribution < -0.4 is 0 Å². The number of benzene rings is 3. The summed E-state index contributed by atoms with van der Waals surface area (Å²) in [5.74, 6) is -0.367. The fourth-order valence-corrected chi connectivity index (χ4v) is 3.32. The minimum atomic E-state index is -0.600. The van der Waals surface area contributed by atoms with E-state index in [1.165, 1.54) is 12.1 Å². The molecule has 0 spiro atoms. The van der Waals surface area contributed by atoms with Crippen molar-refractivity contribution in [3.63, 3.8) is 0 Å². The first-order chi connectivity index (χ1) is 13.6. The van der Waals surface area contributed by atoms with Crippen molar-refractivity contribution in [2.45, 2.75) is 6.92 Å². The van der Waals surface area contributed by atoms with Crippen LogP contribution in [0.25, 0.3) is 28.1 Å². The molecule has 0 atom stereocenters. The Morgan fingerprint density at radius 3 is 2.18 bits per heavy atom. The highest BCUT2D eigenvalue weighted by Crippen LogP contribution is 2.39. The number of aromatic nitrogens is 2. The van der Waals surface area contributed by atoms with Gasteiger partial charge in [0, 0.05) is 17.2 Å². The molecule has 0 unspecified atom stereocenters. The molecule has 0 amide bonds. The van der Waals surface area contributed by atoms with Crippen LogP contribution in [-0.4, -0.2) is 19.8 Å². The first kappa shape index (κ1) is 17.5. The van der Waals surface area contributed by atoms with Crippen molar-refractivity contribution in [3.05, 3.63) is 94.7 Å². The van der Waals surface area contributed by atoms with E-state index in [2.05, 4.69) is 0 Å². The molecule has 4 rings (SSSR count). The van der Waals surface area contributed by atoms with Crippen LogP contribution in [0.1, 0.15) is 5.69 Å². The van der Waals surface area contributed by atoms with Crippen molar-refractivity contribution < 1.29 is 10.0 Å². The topological polar surface area (TPSA) is 81.2 Å². The second-order valence-electron chi connectivity index (χ2n) is 6.38. The molecule has 138 valence electrons. The van der Waals surface area contributed by atoms with Gasteiger partial charge in [0.15, 0.2) is 5.75 Å². The quantitative estimate of drug-likeness (QED) is 0.398. The highest BCUT2D eigenvalue weighted by atomic mass is 16.6. The Hall–Kier alpha value is -3.93. The summed E-state index contributed by atoms with van der Waals surface area (Å²) in [7, 11) is 0. The van der Waals surface area contributed by atoms with E-state index in [9.17, 15) is 15.2 Å². The number of aryl methyl sites for hydroxylation is 1. The average Bonchev–Trinajstić information content (AvgIpc) is 3.06. The Kier molecular flexibility index (Phi) is 4.37. The van der Waals surface area contributed by atoms with Crippen molar-refractivity contribution in [1.82, 2.24) is 9.78 Å². The van der Waals surface area contributed by atoms with Crippen LogP contribution in [0.4, 0.5) is 5.69 Å². The van der Waals surface area contributed by atoms with Gasteiger partial charge in [-0.3, -0.25) is 10.1 Å². The van der Waals surface area contributed by atoms with Gasteiger partial charge in [-0.2, -0.15) is 5.10 Å². The van der Waals surface area contributed by atoms with Crippen LogP contribution in [0.2, 0.25) is 0 Å². The smallest absolute Gasteiger partial charge is 0.310 e. The fourth-order valence-electron chi connectivity index (χ4n) is 3.32. The monoisotopic (exact) mass is 371 g/mol. The van der Waals surface area contributed by atoms with E-state index in [0.717, 1.165) is 28.2 Å². The van der Waals surface area contributed by atoms with Gasteiger partial charge in [0.2, 0.25) is 0 Å². The average molecular weight is 371 g/mol. The highest BCUT2D eigenvalue weighted by Gasteiger charge is 2.22. The number of para-hydroxylation sites is 1. The number of nitrogens with zero attached hydrogens (tertiary/aromatic N) is 3. The standard InChI is InChI=1S/C22H17N3O3/c1-15-21(17-12-13-19(25(27)28)20(26)14-17)22(16-8-4-2-5-9-16)24(23-15)18-10-6-3-7-11-18/h2-14,26H,1H3. The molecule has 1 aromatic heterocycles. The Morgan fingerprint density at radius 1 is 0.929 bits per heavy atom. The number of rotatable bonds is 4. The summed E-state index contributed by atoms with van der Waals surface area (Å²) in [6.07, 6.45) is 0. The molecule has 0 radical (unpaired) electrons. The minimum absolute atomic E-state index is 0.321. The summed E-state index contributed by atoms with van der Waals surface area (Å²) < 4.78 is 1.86. The summed E-state index contributed by atoms with van der Waals surface area (Å²) >= 11 is 0. The SMILES string of the molecule is Cc1nn(-c2ccccc2)c(-c2ccccc2)c1-c1ccc([N+](=O)[O-])c(O)c1. The first-order valence-electron chi connectivity index (χ1n) is 8.74. The van der Waals surface area contributed by atoms with Crippen LogP contribution in [0, 0.1) is 17.0 Å². The molecule has 0 aliphatic carbocycles. The Balaban J connectivity index is 1.99. The summed E-state index contributed by atoms with van der Waals surface area (Å²) in [5.41, 5.74) is 4.65. The van der Waals surface area contributed by atoms with Gasteiger partial charge in [-0.15, -0.1) is 0 Å². The molecule has 1 N–H and O–H groups in total. The van der Waals surface area contributed by atoms with E-state index in [-0.39, 0.29) is 11.4 Å². The number of nitro groups is 1. The lowest BCUT2D eigenvalue weighted by Gasteiger charge is -2.11. The van der Waals surface area contributed by atoms with E-state index in [4.69, 9.17) is 5.10 Å². The minimum Gasteiger partial charge on any atom is -0.502 e. The maximum absolute atomic E-state index is 11.0. The molecule has 1 heterocycles. The Morgan fingerprint density at radius 2 is 1.57 bits per heavy atom. The number of phenols is 1. The van der Waals surface area contributed by atoms with Crippen LogP contribution in [0.15, 0.2) is 78.9 Å². The number of nitro benzene ring substituents is 1. The van der Waals surface area contributed by atoms with E-state index in [1.807, 2.05) is 72.3 Å². The summed E-state index contributed by atoms with van der Waals surface area (Å²) in [4.78, 5) is 10.4. The molecular weight excluding hydrogens is 354 g/mol. The highest BCUT2D eigenvalue weighted by molar-refractivity contribution is 5.85. The predicted octanol–water partition coefficient (Wildman–Crippen LogP) is 5.13. The van der Waals surface area contributed by atoms with Crippen LogP contribution >= 0.6 is 0 Å². The van der Waals surface area contributed by atoms with Gasteiger partial charge in [0.05, 0.1) is 22.0 Å². The number of hydrogen-bond acceptors (Lipinski definition) is 4. The van der Waals surface area contributed by atoms with Gasteiger partial charge < -0.3 is 5.11 Å². The van der Waals surface area contributed by atoms with Crippen LogP contribution in [0.3, 0.4) is 0 Å². The van der Waals surface area contributed by atoms with Crippen molar-refractivity contribution >= 4 is 5.69 Å². The molecule has 4 aromatic rings. The summed E-state index contributed by atoms with van der Waals surface area (Å²) in [5, 5.41) is 25.9. The summed E-state index contributed by atoms with van der Waals surface area (Å²) in [6, 6.07) is 24.0. The third kappa shape index (κ3) is 3.01. The van der Waals surface area contributed by atoms with E-state index in [0.29, 0.717) is 5.56 Å². The lowest BCUT2D eigenvalue weighted by Crippen LogP contribution is -1.99. The van der Waals surface area contributed by atoms with Crippen molar-refractivity contribution in [1.29, 1.82) is 0 Å². The molecule has 0 saturated carbocycles. The zero-order valence-corrected chi connectivity index (χ0v) is 15.1. The molecule has 0 aliphatic heterocycles. The third-order valence-corrected chi connectivity index (χ3v) is 4.57. The molecule has 0 bridgehead atoms. The number of phenolic OH excluding ortho intramolecular Hbond substituents is 1. The molecule has 0 saturated heterocycles. The van der Waals surface area contributed by atoms with Gasteiger partial charge in [-0.1, -0.05) is 48.5 Å². The first-order valence-corrected chi connectivity index (χ1v) is 8.74. The molecule has 0 aliphatic rings. The zero-order chi connectivity index (χ0) is 19.7. The van der Waals surface area contributed by atoms with Crippen LogP contribution in [0.5, 0.6) is 5.75 Å². The largest absolute Gasteiger partial charge is 0.502 e. The zero-order valence-electron chi connectivity index (χ0n) is 15.1. The van der Waals surface area contributed by atoms with Crippen LogP contribution in [-0.2, 0) is 0 Å². The van der Waals surface area contributed by atoms with Gasteiger partial charge in [0.25, 0.3) is 0 Å². The fraction of sp³-hybridized carbons (Fsp3) is 0.0455. The van der Waals surface area contributed by atoms with E-state index < -0.39 is 4.92 Å². The second kappa shape index (κ2) is 7.00. The predicted molar refractivity (Wildman–Crippen MR) is 107 cm³/mol. The normalized spacial score (nSPS) is 10.8. The maximum atomic E-state index is 11.0. The van der Waals surface area contributed by atoms with Gasteiger partial charge in [-0.05, 0) is 36.8 Å². The molecule has 6 heteroatoms. The van der Waals surface area contributed by atoms with Crippen molar-refractivity contribution in [2.24, 2.45) is 0 Å². The van der Waals surface area contributed by atoms with Crippen molar-refractivity contribution in [2.75, 3.05) is 0 Å². The van der Waals surface area contributed by atoms with E-state index in [1.54, 1.807) is 6.07 Å². The summed E-state index contributed by atoms with van der Waals surface area (Å²) in [6.45, 7) is 1.89. The van der Waals surface area contributed by atoms with E-state index >= 15 is 0 Å². The second-order valence-corrected chi connectivity index (χ2v) is 6.38. The van der Waals surface area contributed by atoms with Crippen molar-refractivity contribution in [3.8, 4) is 33.8 Å². The maximum Gasteiger partial charge on any atom is 0.310 e. The third-order valence-electron chi connectivity index (χ3n) is 4.57. The lowest BCUT2D eigenvalue weighted by molar-refractivity contribution is -0.385. The number of aromatic hydroxyl groups is 1. The molecular formula is C22H17N3O3. The van der Waals surface area contributed by atoms with Gasteiger partial charge in [0.1, 0.15) is 0 Å². The van der Waals surface area contributed by atoms with Gasteiger partial charge >= 0.3 is 5.69 Å². The lowest BCUT2D eigenvalue weighted by atomic mass is 9.98. The Bertz CT molecular complexity index is 1150. The Labute approximate surface area is 161 Å². The molecule has 28 heavy (non-hydrogen) atoms. The molecule has 6 nitrogen and oxygen atoms in total.